The fraction of sp³-hybridized carbons (Fsp3) is 0.500. The lowest BCUT2D eigenvalue weighted by Crippen LogP contribution is -2.42. The number of alkyl halides is 3. The van der Waals surface area contributed by atoms with Crippen LogP contribution in [0, 0.1) is 0 Å². The second-order valence-corrected chi connectivity index (χ2v) is 4.64. The summed E-state index contributed by atoms with van der Waals surface area (Å²) in [4.78, 5) is 13.2. The second-order valence-electron chi connectivity index (χ2n) is 4.64. The molecule has 1 aliphatic heterocycles. The van der Waals surface area contributed by atoms with Crippen molar-refractivity contribution in [3.8, 4) is 0 Å². The summed E-state index contributed by atoms with van der Waals surface area (Å²) in [6.07, 6.45) is -4.80. The van der Waals surface area contributed by atoms with Crippen molar-refractivity contribution in [2.24, 2.45) is 0 Å². The molecule has 110 valence electrons. The van der Waals surface area contributed by atoms with Crippen molar-refractivity contribution in [3.63, 3.8) is 0 Å². The van der Waals surface area contributed by atoms with Gasteiger partial charge in [-0.25, -0.2) is 0 Å². The van der Waals surface area contributed by atoms with Gasteiger partial charge >= 0.3 is 6.18 Å². The third-order valence-electron chi connectivity index (χ3n) is 3.33. The van der Waals surface area contributed by atoms with Crippen molar-refractivity contribution < 1.29 is 22.7 Å². The summed E-state index contributed by atoms with van der Waals surface area (Å²) in [5, 5.41) is 0. The van der Waals surface area contributed by atoms with E-state index in [1.54, 1.807) is 17.9 Å². The number of nitrogens with zero attached hydrogens (tertiary/aromatic N) is 1. The summed E-state index contributed by atoms with van der Waals surface area (Å²) in [6.45, 7) is 2.58. The van der Waals surface area contributed by atoms with Crippen LogP contribution in [0.3, 0.4) is 0 Å². The van der Waals surface area contributed by atoms with Crippen LogP contribution in [-0.4, -0.2) is 30.5 Å². The van der Waals surface area contributed by atoms with Gasteiger partial charge in [-0.1, -0.05) is 25.1 Å². The largest absolute Gasteiger partial charge is 0.416 e. The van der Waals surface area contributed by atoms with E-state index in [9.17, 15) is 18.0 Å². The van der Waals surface area contributed by atoms with Gasteiger partial charge in [0.25, 0.3) is 0 Å². The van der Waals surface area contributed by atoms with E-state index in [1.165, 1.54) is 12.1 Å². The molecule has 6 heteroatoms. The molecule has 0 bridgehead atoms. The van der Waals surface area contributed by atoms with Crippen LogP contribution in [0.5, 0.6) is 0 Å². The Hall–Kier alpha value is -1.56. The summed E-state index contributed by atoms with van der Waals surface area (Å²) >= 11 is 0. The zero-order valence-electron chi connectivity index (χ0n) is 11.1. The second kappa shape index (κ2) is 5.83. The standard InChI is InChI=1S/C14H16F3NO2/c1-2-13(19)18-7-8-20-12(9-18)10-5-3-4-6-11(10)14(15,16)17/h3-6,12H,2,7-9H2,1H3. The van der Waals surface area contributed by atoms with Crippen LogP contribution < -0.4 is 0 Å². The molecule has 0 aliphatic carbocycles. The lowest BCUT2D eigenvalue weighted by atomic mass is 10.0. The highest BCUT2D eigenvalue weighted by Gasteiger charge is 2.36. The Morgan fingerprint density at radius 3 is 2.75 bits per heavy atom. The number of hydrogen-bond donors (Lipinski definition) is 0. The third-order valence-corrected chi connectivity index (χ3v) is 3.33. The smallest absolute Gasteiger partial charge is 0.370 e. The van der Waals surface area contributed by atoms with Gasteiger partial charge < -0.3 is 9.64 Å². The first-order chi connectivity index (χ1) is 9.43. The molecule has 0 aromatic heterocycles. The Morgan fingerprint density at radius 2 is 2.10 bits per heavy atom. The molecule has 20 heavy (non-hydrogen) atoms. The van der Waals surface area contributed by atoms with E-state index >= 15 is 0 Å². The van der Waals surface area contributed by atoms with Crippen LogP contribution in [0.25, 0.3) is 0 Å². The predicted molar refractivity (Wildman–Crippen MR) is 67.0 cm³/mol. The zero-order chi connectivity index (χ0) is 14.8. The number of morpholine rings is 1. The quantitative estimate of drug-likeness (QED) is 0.837. The minimum atomic E-state index is -4.42. The maximum absolute atomic E-state index is 13.0. The predicted octanol–water partition coefficient (Wildman–Crippen LogP) is 3.02. The van der Waals surface area contributed by atoms with Crippen LogP contribution in [0.4, 0.5) is 13.2 Å². The summed E-state index contributed by atoms with van der Waals surface area (Å²) < 4.78 is 44.4. The number of carbonyl (C=O) groups excluding carboxylic acids is 1. The van der Waals surface area contributed by atoms with Crippen molar-refractivity contribution >= 4 is 5.91 Å². The van der Waals surface area contributed by atoms with Crippen molar-refractivity contribution in [3.05, 3.63) is 35.4 Å². The topological polar surface area (TPSA) is 29.5 Å². The first-order valence-electron chi connectivity index (χ1n) is 6.49. The van der Waals surface area contributed by atoms with Crippen molar-refractivity contribution in [2.45, 2.75) is 25.6 Å². The van der Waals surface area contributed by atoms with Gasteiger partial charge in [0.2, 0.25) is 5.91 Å². The van der Waals surface area contributed by atoms with Crippen LogP contribution >= 0.6 is 0 Å². The van der Waals surface area contributed by atoms with E-state index in [2.05, 4.69) is 0 Å². The van der Waals surface area contributed by atoms with Crippen LogP contribution in [0.15, 0.2) is 24.3 Å². The van der Waals surface area contributed by atoms with E-state index in [1.807, 2.05) is 0 Å². The average Bonchev–Trinajstić information content (AvgIpc) is 2.45. The van der Waals surface area contributed by atoms with Crippen LogP contribution in [0.1, 0.15) is 30.6 Å². The molecule has 1 amide bonds. The van der Waals surface area contributed by atoms with Gasteiger partial charge in [0.05, 0.1) is 18.7 Å². The van der Waals surface area contributed by atoms with E-state index in [-0.39, 0.29) is 24.6 Å². The molecule has 1 aromatic carbocycles. The minimum absolute atomic E-state index is 0.0669. The minimum Gasteiger partial charge on any atom is -0.370 e. The summed E-state index contributed by atoms with van der Waals surface area (Å²) in [6, 6.07) is 5.35. The Morgan fingerprint density at radius 1 is 1.40 bits per heavy atom. The highest BCUT2D eigenvalue weighted by molar-refractivity contribution is 5.76. The van der Waals surface area contributed by atoms with E-state index in [4.69, 9.17) is 4.74 Å². The molecular weight excluding hydrogens is 271 g/mol. The number of benzene rings is 1. The molecule has 0 spiro atoms. The first-order valence-corrected chi connectivity index (χ1v) is 6.49. The van der Waals surface area contributed by atoms with Crippen LogP contribution in [-0.2, 0) is 15.7 Å². The first kappa shape index (κ1) is 14.8. The number of halogens is 3. The molecule has 1 saturated heterocycles. The molecule has 3 nitrogen and oxygen atoms in total. The Kier molecular flexibility index (Phi) is 4.32. The van der Waals surface area contributed by atoms with Crippen molar-refractivity contribution in [1.29, 1.82) is 0 Å². The molecule has 1 aliphatic rings. The average molecular weight is 287 g/mol. The molecule has 0 saturated carbocycles. The van der Waals surface area contributed by atoms with Gasteiger partial charge in [-0.05, 0) is 11.6 Å². The maximum Gasteiger partial charge on any atom is 0.416 e. The maximum atomic E-state index is 13.0. The number of hydrogen-bond acceptors (Lipinski definition) is 2. The highest BCUT2D eigenvalue weighted by atomic mass is 19.4. The van der Waals surface area contributed by atoms with E-state index < -0.39 is 17.8 Å². The van der Waals surface area contributed by atoms with Crippen molar-refractivity contribution in [1.82, 2.24) is 4.90 Å². The Labute approximate surface area is 115 Å². The van der Waals surface area contributed by atoms with Crippen LogP contribution in [0.2, 0.25) is 0 Å². The van der Waals surface area contributed by atoms with Crippen molar-refractivity contribution in [2.75, 3.05) is 19.7 Å². The molecule has 1 unspecified atom stereocenters. The molecule has 1 atom stereocenters. The molecule has 2 rings (SSSR count). The monoisotopic (exact) mass is 287 g/mol. The molecule has 0 radical (unpaired) electrons. The molecular formula is C14H16F3NO2. The number of carbonyl (C=O) groups is 1. The van der Waals surface area contributed by atoms with Gasteiger partial charge in [0.15, 0.2) is 0 Å². The Bertz CT molecular complexity index is 488. The fourth-order valence-electron chi connectivity index (χ4n) is 2.32. The number of amides is 1. The number of ether oxygens (including phenoxy) is 1. The molecule has 1 aromatic rings. The molecule has 1 heterocycles. The SMILES string of the molecule is CCC(=O)N1CCOC(c2ccccc2C(F)(F)F)C1. The van der Waals surface area contributed by atoms with Gasteiger partial charge in [0.1, 0.15) is 6.10 Å². The lowest BCUT2D eigenvalue weighted by Gasteiger charge is -2.34. The van der Waals surface area contributed by atoms with Gasteiger partial charge in [-0.3, -0.25) is 4.79 Å². The summed E-state index contributed by atoms with van der Waals surface area (Å²) in [7, 11) is 0. The number of rotatable bonds is 2. The Balaban J connectivity index is 2.26. The van der Waals surface area contributed by atoms with Gasteiger partial charge in [-0.2, -0.15) is 13.2 Å². The van der Waals surface area contributed by atoms with Gasteiger partial charge in [0, 0.05) is 13.0 Å². The fourth-order valence-corrected chi connectivity index (χ4v) is 2.32. The molecule has 0 N–H and O–H groups in total. The summed E-state index contributed by atoms with van der Waals surface area (Å²) in [5.74, 6) is -0.0669. The molecule has 1 fully saturated rings. The lowest BCUT2D eigenvalue weighted by molar-refractivity contribution is -0.143. The van der Waals surface area contributed by atoms with E-state index in [0.717, 1.165) is 6.07 Å². The third kappa shape index (κ3) is 3.12. The van der Waals surface area contributed by atoms with Gasteiger partial charge in [-0.15, -0.1) is 0 Å². The van der Waals surface area contributed by atoms with E-state index in [0.29, 0.717) is 13.0 Å². The normalized spacial score (nSPS) is 20.0. The summed E-state index contributed by atoms with van der Waals surface area (Å²) in [5.41, 5.74) is -0.607. The zero-order valence-corrected chi connectivity index (χ0v) is 11.1. The highest BCUT2D eigenvalue weighted by Crippen LogP contribution is 2.36.